The molecular weight excluding hydrogens is 188 g/mol. The molecule has 4 heteroatoms. The molecule has 15 heavy (non-hydrogen) atoms. The summed E-state index contributed by atoms with van der Waals surface area (Å²) in [6.07, 6.45) is 6.91. The smallest absolute Gasteiger partial charge is 0.129 e. The summed E-state index contributed by atoms with van der Waals surface area (Å²) in [5, 5.41) is 11.9. The molecule has 1 aromatic heterocycles. The van der Waals surface area contributed by atoms with E-state index in [1.807, 2.05) is 6.07 Å². The topological polar surface area (TPSA) is 61.6 Å². The predicted molar refractivity (Wildman–Crippen MR) is 57.2 cm³/mol. The number of nitriles is 1. The summed E-state index contributed by atoms with van der Waals surface area (Å²) in [5.41, 5.74) is 0.785. The Balaban J connectivity index is 2.01. The highest BCUT2D eigenvalue weighted by Gasteiger charge is 2.14. The number of nitrogens with zero attached hydrogens (tertiary/aromatic N) is 3. The standard InChI is InChI=1S/C11H14N4/c12-6-5-10-7-11(14-8-13-10)15-9-3-1-2-4-9/h7-9H,1-5H2,(H,13,14,15). The van der Waals surface area contributed by atoms with Gasteiger partial charge in [-0.1, -0.05) is 12.8 Å². The minimum Gasteiger partial charge on any atom is -0.367 e. The molecule has 1 N–H and O–H groups in total. The van der Waals surface area contributed by atoms with Gasteiger partial charge in [0.1, 0.15) is 12.1 Å². The fourth-order valence-electron chi connectivity index (χ4n) is 1.93. The molecule has 1 aliphatic carbocycles. The van der Waals surface area contributed by atoms with Gasteiger partial charge in [-0.15, -0.1) is 0 Å². The van der Waals surface area contributed by atoms with E-state index in [1.165, 1.54) is 32.0 Å². The number of hydrogen-bond acceptors (Lipinski definition) is 4. The second-order valence-corrected chi connectivity index (χ2v) is 3.86. The summed E-state index contributed by atoms with van der Waals surface area (Å²) in [6.45, 7) is 0. The van der Waals surface area contributed by atoms with E-state index in [2.05, 4.69) is 21.4 Å². The number of hydrogen-bond donors (Lipinski definition) is 1. The van der Waals surface area contributed by atoms with Crippen molar-refractivity contribution in [3.63, 3.8) is 0 Å². The van der Waals surface area contributed by atoms with Crippen molar-refractivity contribution < 1.29 is 0 Å². The zero-order valence-corrected chi connectivity index (χ0v) is 8.61. The molecule has 0 saturated heterocycles. The van der Waals surface area contributed by atoms with E-state index in [4.69, 9.17) is 5.26 Å². The van der Waals surface area contributed by atoms with E-state index in [-0.39, 0.29) is 0 Å². The maximum atomic E-state index is 8.56. The molecule has 0 amide bonds. The van der Waals surface area contributed by atoms with Crippen molar-refractivity contribution in [1.29, 1.82) is 5.26 Å². The van der Waals surface area contributed by atoms with Crippen LogP contribution in [0.5, 0.6) is 0 Å². The quantitative estimate of drug-likeness (QED) is 0.813. The van der Waals surface area contributed by atoms with Gasteiger partial charge in [0, 0.05) is 12.1 Å². The highest BCUT2D eigenvalue weighted by Crippen LogP contribution is 2.21. The van der Waals surface area contributed by atoms with Gasteiger partial charge in [-0.2, -0.15) is 5.26 Å². The van der Waals surface area contributed by atoms with E-state index < -0.39 is 0 Å². The van der Waals surface area contributed by atoms with Gasteiger partial charge >= 0.3 is 0 Å². The van der Waals surface area contributed by atoms with Crippen molar-refractivity contribution in [2.75, 3.05) is 5.32 Å². The van der Waals surface area contributed by atoms with Gasteiger partial charge in [-0.3, -0.25) is 0 Å². The molecule has 0 atom stereocenters. The first-order valence-electron chi connectivity index (χ1n) is 5.33. The van der Waals surface area contributed by atoms with Crippen molar-refractivity contribution in [3.05, 3.63) is 18.1 Å². The van der Waals surface area contributed by atoms with E-state index in [9.17, 15) is 0 Å². The van der Waals surface area contributed by atoms with Gasteiger partial charge in [0.2, 0.25) is 0 Å². The van der Waals surface area contributed by atoms with Crippen LogP contribution in [0, 0.1) is 11.3 Å². The molecule has 0 aromatic carbocycles. The predicted octanol–water partition coefficient (Wildman–Crippen LogP) is 1.90. The summed E-state index contributed by atoms with van der Waals surface area (Å²) in [4.78, 5) is 8.18. The molecule has 0 bridgehead atoms. The van der Waals surface area contributed by atoms with Gasteiger partial charge in [0.15, 0.2) is 0 Å². The third kappa shape index (κ3) is 2.66. The summed E-state index contributed by atoms with van der Waals surface area (Å²) in [5.74, 6) is 0.849. The molecule has 78 valence electrons. The Bertz CT molecular complexity index is 363. The molecule has 1 fully saturated rings. The molecule has 1 heterocycles. The lowest BCUT2D eigenvalue weighted by molar-refractivity contribution is 0.749. The van der Waals surface area contributed by atoms with Gasteiger partial charge < -0.3 is 5.32 Å². The molecule has 0 spiro atoms. The zero-order valence-electron chi connectivity index (χ0n) is 8.61. The minimum atomic E-state index is 0.349. The Hall–Kier alpha value is -1.63. The largest absolute Gasteiger partial charge is 0.367 e. The lowest BCUT2D eigenvalue weighted by Gasteiger charge is -2.12. The number of aromatic nitrogens is 2. The fourth-order valence-corrected chi connectivity index (χ4v) is 1.93. The fraction of sp³-hybridized carbons (Fsp3) is 0.545. The van der Waals surface area contributed by atoms with Gasteiger partial charge in [-0.05, 0) is 12.8 Å². The average Bonchev–Trinajstić information content (AvgIpc) is 2.71. The summed E-state index contributed by atoms with van der Waals surface area (Å²) < 4.78 is 0. The normalized spacial score (nSPS) is 16.2. The van der Waals surface area contributed by atoms with Gasteiger partial charge in [0.05, 0.1) is 18.2 Å². The first-order chi connectivity index (χ1) is 7.38. The Morgan fingerprint density at radius 2 is 2.20 bits per heavy atom. The van der Waals surface area contributed by atoms with Crippen molar-refractivity contribution >= 4 is 5.82 Å². The second-order valence-electron chi connectivity index (χ2n) is 3.86. The lowest BCUT2D eigenvalue weighted by atomic mass is 10.2. The van der Waals surface area contributed by atoms with Crippen molar-refractivity contribution in [1.82, 2.24) is 9.97 Å². The van der Waals surface area contributed by atoms with Crippen LogP contribution in [0.25, 0.3) is 0 Å². The molecule has 1 aromatic rings. The van der Waals surface area contributed by atoms with Crippen LogP contribution in [0.2, 0.25) is 0 Å². The summed E-state index contributed by atoms with van der Waals surface area (Å²) in [7, 11) is 0. The van der Waals surface area contributed by atoms with E-state index in [0.717, 1.165) is 11.5 Å². The number of anilines is 1. The van der Waals surface area contributed by atoms with Crippen LogP contribution in [-0.2, 0) is 6.42 Å². The second kappa shape index (κ2) is 4.74. The molecule has 0 aliphatic heterocycles. The average molecular weight is 202 g/mol. The SMILES string of the molecule is N#CCc1cc(NC2CCCC2)ncn1. The third-order valence-corrected chi connectivity index (χ3v) is 2.69. The number of rotatable bonds is 3. The van der Waals surface area contributed by atoms with Crippen molar-refractivity contribution in [2.45, 2.75) is 38.1 Å². The first kappa shape index (κ1) is 9.91. The van der Waals surface area contributed by atoms with E-state index in [0.29, 0.717) is 12.5 Å². The van der Waals surface area contributed by atoms with Crippen LogP contribution in [-0.4, -0.2) is 16.0 Å². The van der Waals surface area contributed by atoms with Crippen LogP contribution >= 0.6 is 0 Å². The third-order valence-electron chi connectivity index (χ3n) is 2.69. The lowest BCUT2D eigenvalue weighted by Crippen LogP contribution is -2.15. The molecule has 1 aliphatic rings. The van der Waals surface area contributed by atoms with Crippen LogP contribution < -0.4 is 5.32 Å². The molecule has 2 rings (SSSR count). The van der Waals surface area contributed by atoms with Gasteiger partial charge in [-0.25, -0.2) is 9.97 Å². The molecule has 0 radical (unpaired) electrons. The van der Waals surface area contributed by atoms with Crippen LogP contribution in [0.3, 0.4) is 0 Å². The van der Waals surface area contributed by atoms with Crippen LogP contribution in [0.1, 0.15) is 31.4 Å². The van der Waals surface area contributed by atoms with E-state index in [1.54, 1.807) is 0 Å². The Morgan fingerprint density at radius 1 is 1.40 bits per heavy atom. The highest BCUT2D eigenvalue weighted by molar-refractivity contribution is 5.36. The zero-order chi connectivity index (χ0) is 10.5. The molecule has 1 saturated carbocycles. The van der Waals surface area contributed by atoms with Crippen molar-refractivity contribution in [2.24, 2.45) is 0 Å². The Kier molecular flexibility index (Phi) is 3.13. The van der Waals surface area contributed by atoms with Gasteiger partial charge in [0.25, 0.3) is 0 Å². The molecule has 4 nitrogen and oxygen atoms in total. The van der Waals surface area contributed by atoms with Crippen LogP contribution in [0.15, 0.2) is 12.4 Å². The maximum absolute atomic E-state index is 8.56. The first-order valence-corrected chi connectivity index (χ1v) is 5.33. The highest BCUT2D eigenvalue weighted by atomic mass is 15.0. The minimum absolute atomic E-state index is 0.349. The molecule has 0 unspecified atom stereocenters. The summed E-state index contributed by atoms with van der Waals surface area (Å²) >= 11 is 0. The van der Waals surface area contributed by atoms with E-state index >= 15 is 0 Å². The summed E-state index contributed by atoms with van der Waals surface area (Å²) in [6, 6.07) is 4.50. The Labute approximate surface area is 89.4 Å². The monoisotopic (exact) mass is 202 g/mol. The molecular formula is C11H14N4. The maximum Gasteiger partial charge on any atom is 0.129 e. The van der Waals surface area contributed by atoms with Crippen molar-refractivity contribution in [3.8, 4) is 6.07 Å². The number of nitrogens with one attached hydrogen (secondary N) is 1. The Morgan fingerprint density at radius 3 is 2.93 bits per heavy atom. The van der Waals surface area contributed by atoms with Crippen LogP contribution in [0.4, 0.5) is 5.82 Å².